The predicted octanol–water partition coefficient (Wildman–Crippen LogP) is 0.480. The van der Waals surface area contributed by atoms with Crippen LogP contribution in [0.2, 0.25) is 0 Å². The molecular formula is C13H18N4O4. The highest BCUT2D eigenvalue weighted by molar-refractivity contribution is 5.65. The molecule has 8 nitrogen and oxygen atoms in total. The maximum Gasteiger partial charge on any atom is 0.407 e. The van der Waals surface area contributed by atoms with Crippen LogP contribution in [0.4, 0.5) is 4.79 Å². The number of amides is 1. The maximum absolute atomic E-state index is 11.5. The van der Waals surface area contributed by atoms with Gasteiger partial charge in [0, 0.05) is 12.1 Å². The van der Waals surface area contributed by atoms with E-state index in [4.69, 9.17) is 9.47 Å². The van der Waals surface area contributed by atoms with Gasteiger partial charge in [0.1, 0.15) is 13.2 Å². The number of hydrogen-bond donors (Lipinski definition) is 2. The zero-order valence-corrected chi connectivity index (χ0v) is 11.6. The second-order valence-electron chi connectivity index (χ2n) is 5.09. The summed E-state index contributed by atoms with van der Waals surface area (Å²) in [6.07, 6.45) is 0.688. The molecule has 2 aliphatic heterocycles. The van der Waals surface area contributed by atoms with Crippen LogP contribution in [0.25, 0.3) is 0 Å². The second-order valence-corrected chi connectivity index (χ2v) is 5.09. The number of aromatic nitrogens is 2. The van der Waals surface area contributed by atoms with Gasteiger partial charge in [-0.25, -0.2) is 4.79 Å². The first-order valence-electron chi connectivity index (χ1n) is 7.06. The summed E-state index contributed by atoms with van der Waals surface area (Å²) in [4.78, 5) is 12.9. The van der Waals surface area contributed by atoms with Crippen molar-refractivity contribution in [2.75, 3.05) is 26.3 Å². The molecule has 2 aliphatic rings. The number of rotatable bonds is 3. The van der Waals surface area contributed by atoms with Crippen molar-refractivity contribution >= 4 is 6.09 Å². The van der Waals surface area contributed by atoms with Gasteiger partial charge in [-0.1, -0.05) is 0 Å². The third-order valence-electron chi connectivity index (χ3n) is 3.68. The first kappa shape index (κ1) is 13.9. The van der Waals surface area contributed by atoms with E-state index in [9.17, 15) is 9.90 Å². The fourth-order valence-electron chi connectivity index (χ4n) is 2.62. The van der Waals surface area contributed by atoms with Crippen molar-refractivity contribution in [3.63, 3.8) is 0 Å². The summed E-state index contributed by atoms with van der Waals surface area (Å²) < 4.78 is 10.8. The Balaban J connectivity index is 1.74. The summed E-state index contributed by atoms with van der Waals surface area (Å²) in [5, 5.41) is 20.6. The van der Waals surface area contributed by atoms with Crippen molar-refractivity contribution in [3.05, 3.63) is 11.8 Å². The SMILES string of the molecule is O=C(O)N(Cc1cc2c(nn1)OCCO2)C1CCNCC1. The molecule has 0 aliphatic carbocycles. The van der Waals surface area contributed by atoms with Crippen molar-refractivity contribution < 1.29 is 19.4 Å². The number of nitrogens with zero attached hydrogens (tertiary/aromatic N) is 3. The number of carbonyl (C=O) groups is 1. The van der Waals surface area contributed by atoms with Gasteiger partial charge in [-0.15, -0.1) is 10.2 Å². The standard InChI is InChI=1S/C13H18N4O4/c18-13(19)17(10-1-3-14-4-2-10)8-9-7-11-12(16-15-9)21-6-5-20-11/h7,10,14H,1-6,8H2,(H,18,19). The van der Waals surface area contributed by atoms with Gasteiger partial charge in [-0.3, -0.25) is 4.90 Å². The number of hydrogen-bond acceptors (Lipinski definition) is 6. The first-order valence-corrected chi connectivity index (χ1v) is 7.06. The predicted molar refractivity (Wildman–Crippen MR) is 72.5 cm³/mol. The van der Waals surface area contributed by atoms with Crippen LogP contribution in [-0.4, -0.2) is 58.6 Å². The number of fused-ring (bicyclic) bond motifs is 1. The highest BCUT2D eigenvalue weighted by Crippen LogP contribution is 2.27. The highest BCUT2D eigenvalue weighted by atomic mass is 16.6. The van der Waals surface area contributed by atoms with Crippen LogP contribution in [0.3, 0.4) is 0 Å². The van der Waals surface area contributed by atoms with E-state index >= 15 is 0 Å². The molecule has 0 unspecified atom stereocenters. The summed E-state index contributed by atoms with van der Waals surface area (Å²) in [5.74, 6) is 0.899. The molecule has 8 heteroatoms. The Morgan fingerprint density at radius 1 is 1.33 bits per heavy atom. The normalized spacial score (nSPS) is 18.3. The average molecular weight is 294 g/mol. The molecule has 1 aromatic heterocycles. The Morgan fingerprint density at radius 3 is 2.86 bits per heavy atom. The Kier molecular flexibility index (Phi) is 4.05. The summed E-state index contributed by atoms with van der Waals surface area (Å²) >= 11 is 0. The van der Waals surface area contributed by atoms with E-state index < -0.39 is 6.09 Å². The van der Waals surface area contributed by atoms with Gasteiger partial charge in [-0.2, -0.15) is 0 Å². The van der Waals surface area contributed by atoms with Crippen molar-refractivity contribution in [3.8, 4) is 11.6 Å². The number of nitrogens with one attached hydrogen (secondary N) is 1. The van der Waals surface area contributed by atoms with Gasteiger partial charge in [0.2, 0.25) is 0 Å². The van der Waals surface area contributed by atoms with Gasteiger partial charge < -0.3 is 19.9 Å². The lowest BCUT2D eigenvalue weighted by molar-refractivity contribution is 0.108. The minimum Gasteiger partial charge on any atom is -0.484 e. The molecule has 1 aromatic rings. The van der Waals surface area contributed by atoms with E-state index in [-0.39, 0.29) is 12.6 Å². The molecule has 21 heavy (non-hydrogen) atoms. The largest absolute Gasteiger partial charge is 0.484 e. The van der Waals surface area contributed by atoms with Gasteiger partial charge in [0.05, 0.1) is 12.2 Å². The zero-order chi connectivity index (χ0) is 14.7. The molecule has 0 aromatic carbocycles. The number of carboxylic acid groups (broad SMARTS) is 1. The molecule has 3 rings (SSSR count). The van der Waals surface area contributed by atoms with Crippen LogP contribution in [0.5, 0.6) is 11.6 Å². The van der Waals surface area contributed by atoms with Crippen molar-refractivity contribution in [1.29, 1.82) is 0 Å². The molecule has 114 valence electrons. The van der Waals surface area contributed by atoms with Crippen LogP contribution in [0.15, 0.2) is 6.07 Å². The topological polar surface area (TPSA) is 96.8 Å². The molecule has 0 spiro atoms. The summed E-state index contributed by atoms with van der Waals surface area (Å²) in [7, 11) is 0. The van der Waals surface area contributed by atoms with Crippen LogP contribution in [0.1, 0.15) is 18.5 Å². The van der Waals surface area contributed by atoms with E-state index in [0.29, 0.717) is 30.5 Å². The third-order valence-corrected chi connectivity index (χ3v) is 3.68. The molecule has 3 heterocycles. The van der Waals surface area contributed by atoms with Crippen molar-refractivity contribution in [2.45, 2.75) is 25.4 Å². The van der Waals surface area contributed by atoms with Gasteiger partial charge in [0.25, 0.3) is 5.88 Å². The van der Waals surface area contributed by atoms with Crippen LogP contribution in [0, 0.1) is 0 Å². The van der Waals surface area contributed by atoms with Crippen molar-refractivity contribution in [1.82, 2.24) is 20.4 Å². The lowest BCUT2D eigenvalue weighted by atomic mass is 10.1. The zero-order valence-electron chi connectivity index (χ0n) is 11.6. The van der Waals surface area contributed by atoms with Gasteiger partial charge in [0.15, 0.2) is 5.75 Å². The van der Waals surface area contributed by atoms with Crippen molar-refractivity contribution in [2.24, 2.45) is 0 Å². The molecule has 0 saturated carbocycles. The van der Waals surface area contributed by atoms with Gasteiger partial charge >= 0.3 is 6.09 Å². The molecular weight excluding hydrogens is 276 g/mol. The molecule has 0 bridgehead atoms. The quantitative estimate of drug-likeness (QED) is 0.836. The maximum atomic E-state index is 11.5. The Hall–Kier alpha value is -2.09. The van der Waals surface area contributed by atoms with Crippen LogP contribution in [-0.2, 0) is 6.54 Å². The average Bonchev–Trinajstić information content (AvgIpc) is 2.53. The first-order chi connectivity index (χ1) is 10.2. The fourth-order valence-corrected chi connectivity index (χ4v) is 2.62. The highest BCUT2D eigenvalue weighted by Gasteiger charge is 2.26. The van der Waals surface area contributed by atoms with E-state index in [1.54, 1.807) is 6.07 Å². The monoisotopic (exact) mass is 294 g/mol. The Bertz CT molecular complexity index is 519. The molecule has 1 amide bonds. The second kappa shape index (κ2) is 6.13. The number of ether oxygens (including phenoxy) is 2. The smallest absolute Gasteiger partial charge is 0.407 e. The molecule has 0 radical (unpaired) electrons. The number of piperidine rings is 1. The molecule has 0 atom stereocenters. The van der Waals surface area contributed by atoms with E-state index in [0.717, 1.165) is 25.9 Å². The molecule has 1 fully saturated rings. The summed E-state index contributed by atoms with van der Waals surface area (Å²) in [6, 6.07) is 1.72. The molecule has 2 N–H and O–H groups in total. The lowest BCUT2D eigenvalue weighted by Crippen LogP contribution is -2.45. The van der Waals surface area contributed by atoms with E-state index in [1.165, 1.54) is 4.90 Å². The summed E-state index contributed by atoms with van der Waals surface area (Å²) in [6.45, 7) is 2.80. The lowest BCUT2D eigenvalue weighted by Gasteiger charge is -2.32. The minimum atomic E-state index is -0.932. The van der Waals surface area contributed by atoms with E-state index in [2.05, 4.69) is 15.5 Å². The summed E-state index contributed by atoms with van der Waals surface area (Å²) in [5.41, 5.74) is 0.570. The minimum absolute atomic E-state index is 0.0127. The Morgan fingerprint density at radius 2 is 2.10 bits per heavy atom. The Labute approximate surface area is 122 Å². The van der Waals surface area contributed by atoms with Crippen LogP contribution >= 0.6 is 0 Å². The fraction of sp³-hybridized carbons (Fsp3) is 0.615. The van der Waals surface area contributed by atoms with Crippen LogP contribution < -0.4 is 14.8 Å². The molecule has 1 saturated heterocycles. The van der Waals surface area contributed by atoms with Gasteiger partial charge in [-0.05, 0) is 25.9 Å². The third kappa shape index (κ3) is 3.15. The van der Waals surface area contributed by atoms with E-state index in [1.807, 2.05) is 0 Å².